The Morgan fingerprint density at radius 3 is 2.34 bits per heavy atom. The summed E-state index contributed by atoms with van der Waals surface area (Å²) in [4.78, 5) is 6.44. The largest absolute Gasteiger partial charge is 0.468 e. The van der Waals surface area contributed by atoms with Gasteiger partial charge in [0.15, 0.2) is 5.96 Å². The van der Waals surface area contributed by atoms with Crippen molar-refractivity contribution in [2.45, 2.75) is 57.5 Å². The Balaban J connectivity index is 0.00000363. The maximum Gasteiger partial charge on any atom is 0.391 e. The van der Waals surface area contributed by atoms with Gasteiger partial charge in [0.05, 0.1) is 18.7 Å². The van der Waals surface area contributed by atoms with E-state index in [4.69, 9.17) is 4.42 Å². The number of hydrogen-bond donors (Lipinski definition) is 2. The molecular weight excluding hydrogens is 532 g/mol. The van der Waals surface area contributed by atoms with Gasteiger partial charge in [-0.05, 0) is 56.0 Å². The third-order valence-corrected chi connectivity index (χ3v) is 5.77. The van der Waals surface area contributed by atoms with Gasteiger partial charge in [-0.1, -0.05) is 24.3 Å². The minimum Gasteiger partial charge on any atom is -0.468 e. The number of nitrogens with zero attached hydrogens (tertiary/aromatic N) is 2. The molecule has 0 atom stereocenters. The molecule has 1 aliphatic carbocycles. The van der Waals surface area contributed by atoms with Gasteiger partial charge in [-0.3, -0.25) is 9.89 Å². The molecule has 1 aromatic heterocycles. The molecule has 1 heterocycles. The van der Waals surface area contributed by atoms with Crippen molar-refractivity contribution in [1.82, 2.24) is 15.5 Å². The molecule has 1 fully saturated rings. The first-order valence-corrected chi connectivity index (χ1v) is 10.7. The fourth-order valence-corrected chi connectivity index (χ4v) is 4.03. The summed E-state index contributed by atoms with van der Waals surface area (Å²) in [6, 6.07) is 12.1. The number of alkyl halides is 3. The molecule has 0 amide bonds. The molecule has 1 aliphatic rings. The van der Waals surface area contributed by atoms with Crippen molar-refractivity contribution in [2.24, 2.45) is 10.9 Å². The third-order valence-electron chi connectivity index (χ3n) is 5.77. The maximum atomic E-state index is 12.9. The number of hydrogen-bond acceptors (Lipinski definition) is 3. The Kier molecular flexibility index (Phi) is 10.3. The summed E-state index contributed by atoms with van der Waals surface area (Å²) >= 11 is 0. The lowest BCUT2D eigenvalue weighted by atomic mass is 9.85. The second-order valence-electron chi connectivity index (χ2n) is 8.18. The summed E-state index contributed by atoms with van der Waals surface area (Å²) in [6.07, 6.45) is -1.07. The highest BCUT2D eigenvalue weighted by atomic mass is 127. The van der Waals surface area contributed by atoms with Gasteiger partial charge in [-0.15, -0.1) is 24.0 Å². The lowest BCUT2D eigenvalue weighted by molar-refractivity contribution is -0.182. The van der Waals surface area contributed by atoms with Gasteiger partial charge in [0.2, 0.25) is 0 Å². The Bertz CT molecular complexity index is 834. The molecule has 0 bridgehead atoms. The van der Waals surface area contributed by atoms with E-state index in [0.29, 0.717) is 25.3 Å². The summed E-state index contributed by atoms with van der Waals surface area (Å²) in [5.74, 6) is 0.364. The molecule has 0 saturated heterocycles. The molecule has 9 heteroatoms. The SMILES string of the molecule is CN=C(NCc1ccccc1CN(C)Cc1ccco1)NC1CCC(C(F)(F)F)CC1.I. The zero-order chi connectivity index (χ0) is 22.3. The standard InChI is InChI=1S/C23H31F3N4O.HI/c1-27-22(29-20-11-9-19(10-12-20)23(24,25)26)28-14-17-6-3-4-7-18(17)15-30(2)16-21-8-5-13-31-21;/h3-8,13,19-20H,9-12,14-16H2,1-2H3,(H2,27,28,29);1H. The Hall–Kier alpha value is -1.75. The van der Waals surface area contributed by atoms with Gasteiger partial charge in [-0.25, -0.2) is 0 Å². The van der Waals surface area contributed by atoms with E-state index < -0.39 is 12.1 Å². The van der Waals surface area contributed by atoms with Crippen molar-refractivity contribution in [2.75, 3.05) is 14.1 Å². The lowest BCUT2D eigenvalue weighted by Gasteiger charge is -2.31. The van der Waals surface area contributed by atoms with Gasteiger partial charge in [0.25, 0.3) is 0 Å². The summed E-state index contributed by atoms with van der Waals surface area (Å²) in [7, 11) is 3.73. The van der Waals surface area contributed by atoms with Crippen molar-refractivity contribution in [3.8, 4) is 0 Å². The third kappa shape index (κ3) is 7.99. The van der Waals surface area contributed by atoms with Crippen LogP contribution < -0.4 is 10.6 Å². The van der Waals surface area contributed by atoms with Gasteiger partial charge in [0, 0.05) is 26.2 Å². The number of benzene rings is 1. The van der Waals surface area contributed by atoms with Crippen LogP contribution in [0.3, 0.4) is 0 Å². The minimum absolute atomic E-state index is 0. The van der Waals surface area contributed by atoms with E-state index in [2.05, 4.69) is 32.7 Å². The first-order chi connectivity index (χ1) is 14.8. The Morgan fingerprint density at radius 2 is 1.75 bits per heavy atom. The van der Waals surface area contributed by atoms with Gasteiger partial charge >= 0.3 is 6.18 Å². The Morgan fingerprint density at radius 1 is 1.06 bits per heavy atom. The van der Waals surface area contributed by atoms with E-state index in [1.165, 1.54) is 5.56 Å². The number of nitrogens with one attached hydrogen (secondary N) is 2. The second-order valence-corrected chi connectivity index (χ2v) is 8.18. The summed E-state index contributed by atoms with van der Waals surface area (Å²) in [5.41, 5.74) is 2.35. The fourth-order valence-electron chi connectivity index (χ4n) is 4.03. The highest BCUT2D eigenvalue weighted by Crippen LogP contribution is 2.37. The quantitative estimate of drug-likeness (QED) is 0.272. The van der Waals surface area contributed by atoms with Crippen molar-refractivity contribution in [3.63, 3.8) is 0 Å². The van der Waals surface area contributed by atoms with Gasteiger partial charge < -0.3 is 15.1 Å². The van der Waals surface area contributed by atoms with E-state index >= 15 is 0 Å². The van der Waals surface area contributed by atoms with Crippen LogP contribution in [0.1, 0.15) is 42.6 Å². The van der Waals surface area contributed by atoms with Crippen molar-refractivity contribution in [3.05, 3.63) is 59.5 Å². The number of furan rings is 1. The minimum atomic E-state index is -4.08. The normalized spacial score (nSPS) is 19.5. The van der Waals surface area contributed by atoms with Crippen molar-refractivity contribution < 1.29 is 17.6 Å². The van der Waals surface area contributed by atoms with Crippen LogP contribution in [0.15, 0.2) is 52.1 Å². The topological polar surface area (TPSA) is 52.8 Å². The van der Waals surface area contributed by atoms with Gasteiger partial charge in [0.1, 0.15) is 5.76 Å². The van der Waals surface area contributed by atoms with E-state index in [1.54, 1.807) is 13.3 Å². The van der Waals surface area contributed by atoms with Crippen LogP contribution in [0.4, 0.5) is 13.2 Å². The van der Waals surface area contributed by atoms with Crippen LogP contribution in [-0.4, -0.2) is 37.2 Å². The van der Waals surface area contributed by atoms with Gasteiger partial charge in [-0.2, -0.15) is 13.2 Å². The monoisotopic (exact) mass is 564 g/mol. The second kappa shape index (κ2) is 12.5. The maximum absolute atomic E-state index is 12.9. The van der Waals surface area contributed by atoms with Crippen molar-refractivity contribution >= 4 is 29.9 Å². The first kappa shape index (κ1) is 26.5. The van der Waals surface area contributed by atoms with E-state index in [1.807, 2.05) is 31.3 Å². The molecule has 0 spiro atoms. The molecule has 3 rings (SSSR count). The smallest absolute Gasteiger partial charge is 0.391 e. The molecule has 32 heavy (non-hydrogen) atoms. The van der Waals surface area contributed by atoms with Crippen LogP contribution in [0.25, 0.3) is 0 Å². The average molecular weight is 564 g/mol. The summed E-state index contributed by atoms with van der Waals surface area (Å²) < 4.78 is 44.0. The zero-order valence-electron chi connectivity index (χ0n) is 18.5. The van der Waals surface area contributed by atoms with Crippen LogP contribution in [-0.2, 0) is 19.6 Å². The Labute approximate surface area is 204 Å². The molecule has 2 N–H and O–H groups in total. The average Bonchev–Trinajstić information content (AvgIpc) is 3.24. The van der Waals surface area contributed by atoms with Crippen LogP contribution in [0.5, 0.6) is 0 Å². The molecule has 1 saturated carbocycles. The van der Waals surface area contributed by atoms with E-state index in [0.717, 1.165) is 24.4 Å². The van der Waals surface area contributed by atoms with E-state index in [-0.39, 0.29) is 42.9 Å². The predicted molar refractivity (Wildman–Crippen MR) is 131 cm³/mol. The lowest BCUT2D eigenvalue weighted by Crippen LogP contribution is -2.45. The highest BCUT2D eigenvalue weighted by molar-refractivity contribution is 14.0. The molecule has 0 aliphatic heterocycles. The number of aliphatic imine (C=N–C) groups is 1. The molecule has 2 aromatic rings. The molecule has 0 radical (unpaired) electrons. The fraction of sp³-hybridized carbons (Fsp3) is 0.522. The first-order valence-electron chi connectivity index (χ1n) is 10.7. The molecule has 178 valence electrons. The van der Waals surface area contributed by atoms with Crippen LogP contribution in [0.2, 0.25) is 0 Å². The number of rotatable bonds is 7. The molecule has 0 unspecified atom stereocenters. The molecular formula is C23H32F3IN4O. The molecule has 1 aromatic carbocycles. The van der Waals surface area contributed by atoms with Crippen LogP contribution in [0, 0.1) is 5.92 Å². The number of halogens is 4. The van der Waals surface area contributed by atoms with Crippen molar-refractivity contribution in [1.29, 1.82) is 0 Å². The van der Waals surface area contributed by atoms with Crippen LogP contribution >= 0.6 is 24.0 Å². The predicted octanol–water partition coefficient (Wildman–Crippen LogP) is 5.32. The van der Waals surface area contributed by atoms with E-state index in [9.17, 15) is 13.2 Å². The molecule has 5 nitrogen and oxygen atoms in total. The summed E-state index contributed by atoms with van der Waals surface area (Å²) in [6.45, 7) is 2.08. The number of guanidine groups is 1. The zero-order valence-corrected chi connectivity index (χ0v) is 20.8. The highest BCUT2D eigenvalue weighted by Gasteiger charge is 2.41. The summed E-state index contributed by atoms with van der Waals surface area (Å²) in [5, 5.41) is 6.60.